The number of anilines is 1. The predicted molar refractivity (Wildman–Crippen MR) is 47.7 cm³/mol. The first-order valence-corrected chi connectivity index (χ1v) is 3.16. The van der Waals surface area contributed by atoms with E-state index < -0.39 is 5.95 Å². The summed E-state index contributed by atoms with van der Waals surface area (Å²) in [7, 11) is 0. The number of halogens is 2. The first kappa shape index (κ1) is 8.80. The highest BCUT2D eigenvalue weighted by molar-refractivity contribution is 5.88. The van der Waals surface area contributed by atoms with Gasteiger partial charge in [0, 0.05) is 11.6 Å². The molecule has 0 bridgehead atoms. The third-order valence-corrected chi connectivity index (χ3v) is 1.54. The van der Waals surface area contributed by atoms with Crippen LogP contribution in [0.3, 0.4) is 0 Å². The number of nitrogens with zero attached hydrogens (tertiary/aromatic N) is 1. The molecule has 0 aliphatic rings. The zero-order chi connectivity index (χ0) is 7.84. The van der Waals surface area contributed by atoms with Gasteiger partial charge in [-0.2, -0.15) is 4.39 Å². The molecule has 0 spiro atoms. The number of hydrogen-bond acceptors (Lipinski definition) is 2. The maximum atomic E-state index is 12.5. The van der Waals surface area contributed by atoms with Crippen LogP contribution in [0.5, 0.6) is 0 Å². The van der Waals surface area contributed by atoms with Crippen molar-refractivity contribution in [1.82, 2.24) is 9.97 Å². The topological polar surface area (TPSA) is 54.7 Å². The molecule has 0 fully saturated rings. The molecule has 2 rings (SSSR count). The molecule has 0 saturated carbocycles. The molecule has 0 radical (unpaired) electrons. The van der Waals surface area contributed by atoms with Gasteiger partial charge in [-0.1, -0.05) is 0 Å². The minimum absolute atomic E-state index is 0. The fourth-order valence-electron chi connectivity index (χ4n) is 1.00. The van der Waals surface area contributed by atoms with Gasteiger partial charge in [0.05, 0.1) is 5.69 Å². The number of H-pyrrole nitrogens is 1. The van der Waals surface area contributed by atoms with Gasteiger partial charge < -0.3 is 10.7 Å². The number of fused-ring (bicyclic) bond motifs is 1. The molecule has 2 aromatic heterocycles. The Bertz CT molecular complexity index is 398. The van der Waals surface area contributed by atoms with E-state index in [9.17, 15) is 4.39 Å². The van der Waals surface area contributed by atoms with Crippen LogP contribution in [0.25, 0.3) is 11.0 Å². The maximum absolute atomic E-state index is 12.5. The smallest absolute Gasteiger partial charge is 0.214 e. The molecule has 5 heteroatoms. The second-order valence-electron chi connectivity index (χ2n) is 2.27. The molecule has 0 amide bonds. The van der Waals surface area contributed by atoms with Crippen molar-refractivity contribution in [3.63, 3.8) is 0 Å². The Balaban J connectivity index is 0.000000720. The van der Waals surface area contributed by atoms with E-state index in [1.165, 1.54) is 6.07 Å². The Morgan fingerprint density at radius 3 is 2.92 bits per heavy atom. The third-order valence-electron chi connectivity index (χ3n) is 1.54. The van der Waals surface area contributed by atoms with Crippen LogP contribution >= 0.6 is 12.4 Å². The average molecular weight is 188 g/mol. The maximum Gasteiger partial charge on any atom is 0.214 e. The number of aromatic amines is 1. The Morgan fingerprint density at radius 1 is 1.42 bits per heavy atom. The summed E-state index contributed by atoms with van der Waals surface area (Å²) in [6, 6.07) is 2.88. The van der Waals surface area contributed by atoms with Crippen molar-refractivity contribution >= 4 is 29.1 Å². The number of hydrogen-bond donors (Lipinski definition) is 2. The van der Waals surface area contributed by atoms with Gasteiger partial charge in [-0.15, -0.1) is 12.4 Å². The van der Waals surface area contributed by atoms with Crippen LogP contribution < -0.4 is 5.73 Å². The zero-order valence-corrected chi connectivity index (χ0v) is 6.86. The molecule has 0 atom stereocenters. The molecule has 64 valence electrons. The molecule has 2 aromatic rings. The third kappa shape index (κ3) is 1.21. The Kier molecular flexibility index (Phi) is 2.19. The van der Waals surface area contributed by atoms with Crippen LogP contribution in [0.4, 0.5) is 10.1 Å². The largest absolute Gasteiger partial charge is 0.397 e. The van der Waals surface area contributed by atoms with Crippen molar-refractivity contribution in [3.05, 3.63) is 24.3 Å². The summed E-state index contributed by atoms with van der Waals surface area (Å²) >= 11 is 0. The molecular formula is C7H7ClFN3. The van der Waals surface area contributed by atoms with Gasteiger partial charge in [0.15, 0.2) is 0 Å². The molecule has 12 heavy (non-hydrogen) atoms. The monoisotopic (exact) mass is 187 g/mol. The van der Waals surface area contributed by atoms with Gasteiger partial charge in [0.25, 0.3) is 0 Å². The van der Waals surface area contributed by atoms with Crippen LogP contribution in [0.15, 0.2) is 18.3 Å². The number of pyridine rings is 1. The zero-order valence-electron chi connectivity index (χ0n) is 6.04. The van der Waals surface area contributed by atoms with Crippen molar-refractivity contribution in [1.29, 1.82) is 0 Å². The fraction of sp³-hybridized carbons (Fsp3) is 0. The number of nitrogen functional groups attached to an aromatic ring is 1. The lowest BCUT2D eigenvalue weighted by molar-refractivity contribution is 0.588. The van der Waals surface area contributed by atoms with Crippen LogP contribution in [0.1, 0.15) is 0 Å². The second-order valence-corrected chi connectivity index (χ2v) is 2.27. The number of aromatic nitrogens is 2. The normalized spacial score (nSPS) is 9.75. The average Bonchev–Trinajstić information content (AvgIpc) is 2.32. The van der Waals surface area contributed by atoms with Crippen molar-refractivity contribution in [2.45, 2.75) is 0 Å². The van der Waals surface area contributed by atoms with Crippen LogP contribution in [0, 0.1) is 5.95 Å². The number of rotatable bonds is 0. The number of nitrogens with two attached hydrogens (primary N) is 1. The number of nitrogens with one attached hydrogen (secondary N) is 1. The quantitative estimate of drug-likeness (QED) is 0.617. The van der Waals surface area contributed by atoms with Gasteiger partial charge >= 0.3 is 0 Å². The van der Waals surface area contributed by atoms with Crippen molar-refractivity contribution < 1.29 is 4.39 Å². The summed E-state index contributed by atoms with van der Waals surface area (Å²) < 4.78 is 12.5. The van der Waals surface area contributed by atoms with E-state index in [0.717, 1.165) is 5.39 Å². The van der Waals surface area contributed by atoms with Crippen molar-refractivity contribution in [2.24, 2.45) is 0 Å². The van der Waals surface area contributed by atoms with Crippen LogP contribution in [-0.2, 0) is 0 Å². The Morgan fingerprint density at radius 2 is 2.17 bits per heavy atom. The molecule has 3 nitrogen and oxygen atoms in total. The van der Waals surface area contributed by atoms with Gasteiger partial charge in [0.1, 0.15) is 5.65 Å². The molecule has 0 aromatic carbocycles. The summed E-state index contributed by atoms with van der Waals surface area (Å²) in [5.41, 5.74) is 6.61. The highest BCUT2D eigenvalue weighted by atomic mass is 35.5. The molecule has 0 saturated heterocycles. The van der Waals surface area contributed by atoms with Crippen molar-refractivity contribution in [2.75, 3.05) is 5.73 Å². The lowest BCUT2D eigenvalue weighted by Crippen LogP contribution is -1.83. The first-order valence-electron chi connectivity index (χ1n) is 3.16. The van der Waals surface area contributed by atoms with Crippen LogP contribution in [0.2, 0.25) is 0 Å². The Labute approximate surface area is 74.2 Å². The van der Waals surface area contributed by atoms with Gasteiger partial charge in [-0.25, -0.2) is 4.98 Å². The highest BCUT2D eigenvalue weighted by Crippen LogP contribution is 2.17. The van der Waals surface area contributed by atoms with E-state index >= 15 is 0 Å². The minimum atomic E-state index is -0.501. The molecule has 3 N–H and O–H groups in total. The van der Waals surface area contributed by atoms with Gasteiger partial charge in [-0.3, -0.25) is 0 Å². The fourth-order valence-corrected chi connectivity index (χ4v) is 1.00. The second kappa shape index (κ2) is 2.98. The molecule has 2 heterocycles. The highest BCUT2D eigenvalue weighted by Gasteiger charge is 2.00. The molecule has 0 unspecified atom stereocenters. The summed E-state index contributed by atoms with van der Waals surface area (Å²) in [6.45, 7) is 0. The van der Waals surface area contributed by atoms with Crippen molar-refractivity contribution in [3.8, 4) is 0 Å². The Hall–Kier alpha value is -1.29. The first-order chi connectivity index (χ1) is 5.27. The molecular weight excluding hydrogens is 181 g/mol. The molecule has 0 aliphatic heterocycles. The van der Waals surface area contributed by atoms with E-state index in [1.807, 2.05) is 0 Å². The van der Waals surface area contributed by atoms with E-state index in [1.54, 1.807) is 12.3 Å². The van der Waals surface area contributed by atoms with Crippen LogP contribution in [-0.4, -0.2) is 9.97 Å². The summed E-state index contributed by atoms with van der Waals surface area (Å²) in [5.74, 6) is -0.501. The van der Waals surface area contributed by atoms with Gasteiger partial charge in [-0.05, 0) is 12.1 Å². The predicted octanol–water partition coefficient (Wildman–Crippen LogP) is 1.71. The van der Waals surface area contributed by atoms with Gasteiger partial charge in [0.2, 0.25) is 5.95 Å². The summed E-state index contributed by atoms with van der Waals surface area (Å²) in [6.07, 6.45) is 1.59. The lowest BCUT2D eigenvalue weighted by atomic mass is 10.3. The SMILES string of the molecule is Cl.Nc1c[nH]c2nc(F)ccc12. The van der Waals surface area contributed by atoms with E-state index in [4.69, 9.17) is 5.73 Å². The molecule has 0 aliphatic carbocycles. The minimum Gasteiger partial charge on any atom is -0.397 e. The summed E-state index contributed by atoms with van der Waals surface area (Å²) in [4.78, 5) is 6.35. The summed E-state index contributed by atoms with van der Waals surface area (Å²) in [5, 5.41) is 0.756. The standard InChI is InChI=1S/C7H6FN3.ClH/c8-6-2-1-4-5(9)3-10-7(4)11-6;/h1-3H,9H2,(H,10,11);1H. The van der Waals surface area contributed by atoms with E-state index in [0.29, 0.717) is 11.3 Å². The van der Waals surface area contributed by atoms with E-state index in [2.05, 4.69) is 9.97 Å². The van der Waals surface area contributed by atoms with E-state index in [-0.39, 0.29) is 12.4 Å². The lowest BCUT2D eigenvalue weighted by Gasteiger charge is -1.89.